The molecule has 0 heterocycles. The second-order valence-corrected chi connectivity index (χ2v) is 4.20. The lowest BCUT2D eigenvalue weighted by molar-refractivity contribution is 0.185. The summed E-state index contributed by atoms with van der Waals surface area (Å²) in [7, 11) is 0. The highest BCUT2D eigenvalue weighted by Crippen LogP contribution is 2.51. The molecule has 2 aliphatic carbocycles. The van der Waals surface area contributed by atoms with Crippen molar-refractivity contribution in [3.63, 3.8) is 0 Å². The maximum Gasteiger partial charge on any atom is -0.0269 e. The van der Waals surface area contributed by atoms with Gasteiger partial charge in [-0.25, -0.2) is 0 Å². The summed E-state index contributed by atoms with van der Waals surface area (Å²) in [5, 5.41) is 0. The number of hydrogen-bond acceptors (Lipinski definition) is 0. The first kappa shape index (κ1) is 6.69. The van der Waals surface area contributed by atoms with Crippen molar-refractivity contribution in [2.45, 2.75) is 44.9 Å². The Balaban J connectivity index is 2.10. The van der Waals surface area contributed by atoms with Crippen molar-refractivity contribution < 1.29 is 0 Å². The molecule has 0 N–H and O–H groups in total. The number of fused-ring (bicyclic) bond motifs is 1. The Morgan fingerprint density at radius 3 is 2.50 bits per heavy atom. The molecule has 10 heavy (non-hydrogen) atoms. The fraction of sp³-hybridized carbons (Fsp3) is 0.900. The molecule has 0 amide bonds. The van der Waals surface area contributed by atoms with E-state index in [0.717, 1.165) is 5.92 Å². The van der Waals surface area contributed by atoms with Gasteiger partial charge >= 0.3 is 0 Å². The zero-order valence-corrected chi connectivity index (χ0v) is 6.73. The molecule has 0 aromatic rings. The van der Waals surface area contributed by atoms with Gasteiger partial charge in [-0.2, -0.15) is 0 Å². The Bertz CT molecular complexity index is 128. The average Bonchev–Trinajstić information content (AvgIpc) is 2.29. The quantitative estimate of drug-likeness (QED) is 0.481. The van der Waals surface area contributed by atoms with Gasteiger partial charge < -0.3 is 0 Å². The third kappa shape index (κ3) is 0.889. The van der Waals surface area contributed by atoms with Gasteiger partial charge in [0.15, 0.2) is 0 Å². The molecule has 1 radical (unpaired) electrons. The summed E-state index contributed by atoms with van der Waals surface area (Å²) in [5.74, 6) is 1.00. The van der Waals surface area contributed by atoms with Crippen LogP contribution in [0.25, 0.3) is 0 Å². The summed E-state index contributed by atoms with van der Waals surface area (Å²) >= 11 is 0. The molecule has 2 atom stereocenters. The van der Waals surface area contributed by atoms with Gasteiger partial charge in [0, 0.05) is 0 Å². The first-order valence-electron chi connectivity index (χ1n) is 4.67. The molecule has 2 rings (SSSR count). The van der Waals surface area contributed by atoms with Crippen LogP contribution in [0.1, 0.15) is 44.9 Å². The van der Waals surface area contributed by atoms with Crippen LogP contribution >= 0.6 is 0 Å². The van der Waals surface area contributed by atoms with Crippen molar-refractivity contribution in [3.8, 4) is 0 Å². The van der Waals surface area contributed by atoms with Crippen LogP contribution in [-0.4, -0.2) is 0 Å². The zero-order chi connectivity index (χ0) is 7.03. The lowest BCUT2D eigenvalue weighted by atomic mass is 9.70. The maximum absolute atomic E-state index is 4.39. The van der Waals surface area contributed by atoms with Crippen molar-refractivity contribution in [2.24, 2.45) is 11.3 Å². The van der Waals surface area contributed by atoms with E-state index < -0.39 is 0 Å². The van der Waals surface area contributed by atoms with Crippen molar-refractivity contribution >= 4 is 0 Å². The van der Waals surface area contributed by atoms with Crippen molar-refractivity contribution in [2.75, 3.05) is 0 Å². The Labute approximate surface area is 64.0 Å². The largest absolute Gasteiger partial charge is 0.0530 e. The predicted molar refractivity (Wildman–Crippen MR) is 43.6 cm³/mol. The van der Waals surface area contributed by atoms with Gasteiger partial charge in [0.25, 0.3) is 0 Å². The van der Waals surface area contributed by atoms with Gasteiger partial charge in [-0.1, -0.05) is 19.3 Å². The van der Waals surface area contributed by atoms with Crippen LogP contribution < -0.4 is 0 Å². The third-order valence-electron chi connectivity index (χ3n) is 3.57. The van der Waals surface area contributed by atoms with E-state index >= 15 is 0 Å². The summed E-state index contributed by atoms with van der Waals surface area (Å²) in [6.45, 7) is 4.39. The monoisotopic (exact) mass is 137 g/mol. The average molecular weight is 137 g/mol. The minimum atomic E-state index is 0.540. The van der Waals surface area contributed by atoms with Gasteiger partial charge in [-0.15, -0.1) is 0 Å². The van der Waals surface area contributed by atoms with Crippen LogP contribution in [0.2, 0.25) is 0 Å². The summed E-state index contributed by atoms with van der Waals surface area (Å²) in [6, 6.07) is 0. The molecule has 57 valence electrons. The van der Waals surface area contributed by atoms with Crippen LogP contribution in [0, 0.1) is 18.3 Å². The van der Waals surface area contributed by atoms with E-state index in [1.165, 1.54) is 44.9 Å². The minimum absolute atomic E-state index is 0.540. The van der Waals surface area contributed by atoms with Crippen molar-refractivity contribution in [1.29, 1.82) is 0 Å². The second-order valence-electron chi connectivity index (χ2n) is 4.20. The Hall–Kier alpha value is 0. The molecule has 0 spiro atoms. The van der Waals surface area contributed by atoms with E-state index in [4.69, 9.17) is 0 Å². The standard InChI is InChI=1S/C10H17/c1-10-7-3-2-5-9(10)6-4-8-10/h9H,1-8H2. The SMILES string of the molecule is [CH2]C12CCCCC1CCC2. The first-order valence-corrected chi connectivity index (χ1v) is 4.67. The van der Waals surface area contributed by atoms with Gasteiger partial charge in [0.05, 0.1) is 0 Å². The Morgan fingerprint density at radius 2 is 1.70 bits per heavy atom. The minimum Gasteiger partial charge on any atom is -0.0530 e. The fourth-order valence-electron chi connectivity index (χ4n) is 2.86. The third-order valence-corrected chi connectivity index (χ3v) is 3.57. The van der Waals surface area contributed by atoms with Crippen LogP contribution in [0.4, 0.5) is 0 Å². The zero-order valence-electron chi connectivity index (χ0n) is 6.73. The van der Waals surface area contributed by atoms with E-state index in [0.29, 0.717) is 5.41 Å². The van der Waals surface area contributed by atoms with Crippen molar-refractivity contribution in [1.82, 2.24) is 0 Å². The summed E-state index contributed by atoms with van der Waals surface area (Å²) in [6.07, 6.45) is 10.2. The summed E-state index contributed by atoms with van der Waals surface area (Å²) < 4.78 is 0. The second kappa shape index (κ2) is 2.25. The molecule has 2 unspecified atom stereocenters. The van der Waals surface area contributed by atoms with E-state index in [9.17, 15) is 0 Å². The maximum atomic E-state index is 4.39. The van der Waals surface area contributed by atoms with E-state index in [1.807, 2.05) is 0 Å². The normalized spacial score (nSPS) is 47.1. The van der Waals surface area contributed by atoms with Crippen LogP contribution in [0.15, 0.2) is 0 Å². The van der Waals surface area contributed by atoms with E-state index in [-0.39, 0.29) is 0 Å². The van der Waals surface area contributed by atoms with Crippen LogP contribution in [0.5, 0.6) is 0 Å². The molecular formula is C10H17. The molecule has 2 aliphatic rings. The summed E-state index contributed by atoms with van der Waals surface area (Å²) in [5.41, 5.74) is 0.540. The fourth-order valence-corrected chi connectivity index (χ4v) is 2.86. The number of hydrogen-bond donors (Lipinski definition) is 0. The molecule has 0 heteroatoms. The molecule has 0 nitrogen and oxygen atoms in total. The molecular weight excluding hydrogens is 120 g/mol. The highest BCUT2D eigenvalue weighted by Gasteiger charge is 2.39. The molecule has 0 aromatic carbocycles. The summed E-state index contributed by atoms with van der Waals surface area (Å²) in [4.78, 5) is 0. The van der Waals surface area contributed by atoms with Crippen LogP contribution in [0.3, 0.4) is 0 Å². The molecule has 0 saturated heterocycles. The molecule has 0 aromatic heterocycles. The van der Waals surface area contributed by atoms with Gasteiger partial charge in [-0.05, 0) is 43.9 Å². The predicted octanol–water partition coefficient (Wildman–Crippen LogP) is 3.18. The Kier molecular flexibility index (Phi) is 1.51. The highest BCUT2D eigenvalue weighted by atomic mass is 14.4. The van der Waals surface area contributed by atoms with Crippen LogP contribution in [-0.2, 0) is 0 Å². The molecule has 2 saturated carbocycles. The highest BCUT2D eigenvalue weighted by molar-refractivity contribution is 4.95. The lowest BCUT2D eigenvalue weighted by Gasteiger charge is -2.35. The molecule has 0 aliphatic heterocycles. The topological polar surface area (TPSA) is 0 Å². The molecule has 2 fully saturated rings. The van der Waals surface area contributed by atoms with Gasteiger partial charge in [0.1, 0.15) is 0 Å². The smallest absolute Gasteiger partial charge is 0.0269 e. The Morgan fingerprint density at radius 1 is 1.00 bits per heavy atom. The van der Waals surface area contributed by atoms with Gasteiger partial charge in [-0.3, -0.25) is 0 Å². The number of rotatable bonds is 0. The van der Waals surface area contributed by atoms with Gasteiger partial charge in [0.2, 0.25) is 0 Å². The van der Waals surface area contributed by atoms with E-state index in [2.05, 4.69) is 6.92 Å². The first-order chi connectivity index (χ1) is 4.81. The lowest BCUT2D eigenvalue weighted by Crippen LogP contribution is -2.25. The molecule has 0 bridgehead atoms. The van der Waals surface area contributed by atoms with Crippen molar-refractivity contribution in [3.05, 3.63) is 6.92 Å². The van der Waals surface area contributed by atoms with E-state index in [1.54, 1.807) is 0 Å².